The van der Waals surface area contributed by atoms with Gasteiger partial charge in [-0.05, 0) is 18.8 Å². The largest absolute Gasteiger partial charge is 0.389 e. The fourth-order valence-electron chi connectivity index (χ4n) is 3.51. The number of nitrogens with zero attached hydrogens (tertiary/aromatic N) is 4. The Morgan fingerprint density at radius 2 is 2.04 bits per heavy atom. The van der Waals surface area contributed by atoms with Gasteiger partial charge >= 0.3 is 6.18 Å². The Morgan fingerprint density at radius 3 is 2.74 bits per heavy atom. The smallest absolute Gasteiger partial charge is 0.353 e. The molecule has 5 nitrogen and oxygen atoms in total. The molecule has 23 heavy (non-hydrogen) atoms. The molecular formula is C15H19F3N4O. The van der Waals surface area contributed by atoms with Gasteiger partial charge in [-0.2, -0.15) is 13.2 Å². The number of rotatable bonds is 3. The number of carbonyl (C=O) groups excluding carboxylic acids is 1. The molecule has 126 valence electrons. The van der Waals surface area contributed by atoms with Crippen molar-refractivity contribution < 1.29 is 18.0 Å². The highest BCUT2D eigenvalue weighted by Crippen LogP contribution is 2.34. The molecule has 2 unspecified atom stereocenters. The first kappa shape index (κ1) is 16.0. The Morgan fingerprint density at radius 1 is 1.26 bits per heavy atom. The summed E-state index contributed by atoms with van der Waals surface area (Å²) in [7, 11) is 0. The molecule has 0 radical (unpaired) electrons. The predicted molar refractivity (Wildman–Crippen MR) is 77.8 cm³/mol. The Kier molecular flexibility index (Phi) is 4.41. The van der Waals surface area contributed by atoms with Crippen LogP contribution < -0.4 is 4.90 Å². The van der Waals surface area contributed by atoms with Crippen LogP contribution in [0.5, 0.6) is 0 Å². The molecule has 0 aliphatic carbocycles. The van der Waals surface area contributed by atoms with Crippen molar-refractivity contribution in [3.05, 3.63) is 18.6 Å². The van der Waals surface area contributed by atoms with Crippen LogP contribution in [0.15, 0.2) is 18.6 Å². The second kappa shape index (κ2) is 6.33. The third-order valence-corrected chi connectivity index (χ3v) is 4.68. The molecule has 0 saturated carbocycles. The summed E-state index contributed by atoms with van der Waals surface area (Å²) in [5.74, 6) is 0.731. The molecule has 1 amide bonds. The van der Waals surface area contributed by atoms with Gasteiger partial charge in [0.15, 0.2) is 0 Å². The van der Waals surface area contributed by atoms with Gasteiger partial charge in [0.2, 0.25) is 5.91 Å². The van der Waals surface area contributed by atoms with Crippen molar-refractivity contribution in [2.24, 2.45) is 5.92 Å². The summed E-state index contributed by atoms with van der Waals surface area (Å²) in [6, 6.07) is -0.0218. The topological polar surface area (TPSA) is 49.3 Å². The molecule has 0 aromatic carbocycles. The van der Waals surface area contributed by atoms with Crippen LogP contribution in [0.25, 0.3) is 0 Å². The molecule has 0 spiro atoms. The minimum absolute atomic E-state index is 0.0218. The van der Waals surface area contributed by atoms with E-state index >= 15 is 0 Å². The average Bonchev–Trinajstić information content (AvgIpc) is 2.96. The maximum atomic E-state index is 12.3. The fourth-order valence-corrected chi connectivity index (χ4v) is 3.51. The van der Waals surface area contributed by atoms with Gasteiger partial charge in [-0.25, -0.2) is 4.98 Å². The van der Waals surface area contributed by atoms with E-state index in [1.807, 2.05) is 0 Å². The second-order valence-electron chi connectivity index (χ2n) is 6.12. The quantitative estimate of drug-likeness (QED) is 0.854. The second-order valence-corrected chi connectivity index (χ2v) is 6.12. The maximum absolute atomic E-state index is 12.3. The first-order valence-corrected chi connectivity index (χ1v) is 7.81. The van der Waals surface area contributed by atoms with Crippen LogP contribution in [0.1, 0.15) is 25.7 Å². The van der Waals surface area contributed by atoms with Crippen molar-refractivity contribution >= 4 is 11.7 Å². The number of alkyl halides is 3. The Labute approximate surface area is 132 Å². The van der Waals surface area contributed by atoms with E-state index < -0.39 is 24.9 Å². The standard InChI is InChI=1S/C15H19F3N4O/c16-15(17,18)4-1-14(23)22-8-3-11-2-7-21(10-12(11)22)13-9-19-5-6-20-13/h5-6,9,11-12H,1-4,7-8,10H2. The number of amides is 1. The molecular weight excluding hydrogens is 309 g/mol. The van der Waals surface area contributed by atoms with Crippen molar-refractivity contribution in [1.29, 1.82) is 0 Å². The van der Waals surface area contributed by atoms with Crippen molar-refractivity contribution in [1.82, 2.24) is 14.9 Å². The number of hydrogen-bond donors (Lipinski definition) is 0. The molecule has 3 rings (SSSR count). The zero-order valence-electron chi connectivity index (χ0n) is 12.7. The van der Waals surface area contributed by atoms with Crippen LogP contribution in [0.2, 0.25) is 0 Å². The highest BCUT2D eigenvalue weighted by atomic mass is 19.4. The normalized spacial score (nSPS) is 24.7. The van der Waals surface area contributed by atoms with Crippen LogP contribution in [0.4, 0.5) is 19.0 Å². The van der Waals surface area contributed by atoms with Crippen LogP contribution in [-0.2, 0) is 4.79 Å². The van der Waals surface area contributed by atoms with Crippen molar-refractivity contribution in [2.45, 2.75) is 37.9 Å². The first-order valence-electron chi connectivity index (χ1n) is 7.81. The summed E-state index contributed by atoms with van der Waals surface area (Å²) in [6.45, 7) is 2.01. The molecule has 2 atom stereocenters. The van der Waals surface area contributed by atoms with Gasteiger partial charge in [0.1, 0.15) is 5.82 Å². The molecule has 3 heterocycles. The zero-order valence-corrected chi connectivity index (χ0v) is 12.7. The van der Waals surface area contributed by atoms with Gasteiger partial charge in [0.05, 0.1) is 18.7 Å². The minimum atomic E-state index is -4.28. The Hall–Kier alpha value is -1.86. The highest BCUT2D eigenvalue weighted by Gasteiger charge is 2.41. The van der Waals surface area contributed by atoms with E-state index in [9.17, 15) is 18.0 Å². The summed E-state index contributed by atoms with van der Waals surface area (Å²) in [4.78, 5) is 24.2. The summed E-state index contributed by atoms with van der Waals surface area (Å²) >= 11 is 0. The zero-order chi connectivity index (χ0) is 16.4. The van der Waals surface area contributed by atoms with Crippen molar-refractivity contribution in [2.75, 3.05) is 24.5 Å². The molecule has 2 saturated heterocycles. The monoisotopic (exact) mass is 328 g/mol. The highest BCUT2D eigenvalue weighted by molar-refractivity contribution is 5.77. The van der Waals surface area contributed by atoms with E-state index in [1.165, 1.54) is 0 Å². The number of fused-ring (bicyclic) bond motifs is 1. The van der Waals surface area contributed by atoms with Gasteiger partial charge in [-0.1, -0.05) is 0 Å². The lowest BCUT2D eigenvalue weighted by Gasteiger charge is -2.39. The van der Waals surface area contributed by atoms with Crippen molar-refractivity contribution in [3.63, 3.8) is 0 Å². The van der Waals surface area contributed by atoms with E-state index in [-0.39, 0.29) is 6.04 Å². The van der Waals surface area contributed by atoms with Gasteiger partial charge in [0, 0.05) is 38.4 Å². The third-order valence-electron chi connectivity index (χ3n) is 4.68. The van der Waals surface area contributed by atoms with Gasteiger partial charge in [-0.15, -0.1) is 0 Å². The molecule has 1 aromatic rings. The Balaban J connectivity index is 1.64. The van der Waals surface area contributed by atoms with Gasteiger partial charge in [0.25, 0.3) is 0 Å². The lowest BCUT2D eigenvalue weighted by Crippen LogP contribution is -2.50. The van der Waals surface area contributed by atoms with E-state index in [1.54, 1.807) is 23.5 Å². The third kappa shape index (κ3) is 3.73. The molecule has 2 aliphatic rings. The van der Waals surface area contributed by atoms with E-state index in [0.717, 1.165) is 25.2 Å². The number of hydrogen-bond acceptors (Lipinski definition) is 4. The summed E-state index contributed by atoms with van der Waals surface area (Å²) in [6.07, 6.45) is 0.881. The SMILES string of the molecule is O=C(CCC(F)(F)F)N1CCC2CCN(c3cnccn3)CC21. The van der Waals surface area contributed by atoms with Gasteiger partial charge < -0.3 is 9.80 Å². The van der Waals surface area contributed by atoms with Crippen LogP contribution in [-0.4, -0.2) is 52.6 Å². The van der Waals surface area contributed by atoms with E-state index in [0.29, 0.717) is 19.0 Å². The summed E-state index contributed by atoms with van der Waals surface area (Å²) in [5, 5.41) is 0. The lowest BCUT2D eigenvalue weighted by atomic mass is 9.92. The molecule has 2 aliphatic heterocycles. The fraction of sp³-hybridized carbons (Fsp3) is 0.667. The number of likely N-dealkylation sites (tertiary alicyclic amines) is 1. The number of halogens is 3. The predicted octanol–water partition coefficient (Wildman–Crippen LogP) is 2.25. The molecule has 0 bridgehead atoms. The van der Waals surface area contributed by atoms with Crippen molar-refractivity contribution in [3.8, 4) is 0 Å². The van der Waals surface area contributed by atoms with Crippen LogP contribution in [0.3, 0.4) is 0 Å². The Bertz CT molecular complexity index is 551. The lowest BCUT2D eigenvalue weighted by molar-refractivity contribution is -0.149. The molecule has 8 heteroatoms. The van der Waals surface area contributed by atoms with Crippen LogP contribution in [0, 0.1) is 5.92 Å². The van der Waals surface area contributed by atoms with Crippen LogP contribution >= 0.6 is 0 Å². The number of piperidine rings is 1. The van der Waals surface area contributed by atoms with Gasteiger partial charge in [-0.3, -0.25) is 9.78 Å². The maximum Gasteiger partial charge on any atom is 0.389 e. The molecule has 0 N–H and O–H groups in total. The number of carbonyl (C=O) groups is 1. The average molecular weight is 328 g/mol. The minimum Gasteiger partial charge on any atom is -0.353 e. The van der Waals surface area contributed by atoms with E-state index in [2.05, 4.69) is 14.9 Å². The first-order chi connectivity index (χ1) is 10.9. The number of aromatic nitrogens is 2. The molecule has 2 fully saturated rings. The summed E-state index contributed by atoms with van der Waals surface area (Å²) < 4.78 is 37.0. The molecule has 1 aromatic heterocycles. The van der Waals surface area contributed by atoms with E-state index in [4.69, 9.17) is 0 Å². The number of anilines is 1. The summed E-state index contributed by atoms with van der Waals surface area (Å²) in [5.41, 5.74) is 0.